The van der Waals surface area contributed by atoms with Gasteiger partial charge in [0.15, 0.2) is 0 Å². The predicted octanol–water partition coefficient (Wildman–Crippen LogP) is 10.9. The fourth-order valence-electron chi connectivity index (χ4n) is 8.12. The highest BCUT2D eigenvalue weighted by Gasteiger charge is 2.24. The molecule has 2 aliphatic rings. The second kappa shape index (κ2) is 24.1. The van der Waals surface area contributed by atoms with Gasteiger partial charge in [-0.05, 0) is 192 Å². The first-order valence-corrected chi connectivity index (χ1v) is 27.9. The topological polar surface area (TPSA) is 214 Å². The minimum Gasteiger partial charge on any atom is -0.492 e. The second-order valence-electron chi connectivity index (χ2n) is 20.5. The summed E-state index contributed by atoms with van der Waals surface area (Å²) in [6.07, 6.45) is 12.3. The molecule has 8 rings (SSSR count). The molecule has 73 heavy (non-hydrogen) atoms. The monoisotopic (exact) mass is 1030 g/mol. The van der Waals surface area contributed by atoms with Crippen LogP contribution in [0.15, 0.2) is 119 Å². The van der Waals surface area contributed by atoms with Gasteiger partial charge in [-0.15, -0.1) is 0 Å². The van der Waals surface area contributed by atoms with Crippen LogP contribution < -0.4 is 40.2 Å². The third kappa shape index (κ3) is 17.1. The number of rotatable bonds is 18. The second-order valence-corrected chi connectivity index (χ2v) is 23.9. The maximum atomic E-state index is 12.7. The fraction of sp³-hybridized carbons (Fsp3) is 0.407. The standard InChI is InChI=1S/C27H36N6O3S.C27H35N5O3S/c1-20-19-28-26(30-21-10-12-23(13-11-21)36-17-16-33-14-5-6-15-33)31-25(20)29-22-8-7-9-24(18-22)37(34,35)32-27(2,3)4;1-19-18-28-26(30-20-13-15-23(16-14-20)35-22-10-6-5-7-11-22)31-25(19)29-21-9-8-12-24(17-21)36(33,34)32-27(2,3)4/h7-13,18-19,32H,5-6,14-17H2,1-4H3,(H2,28,29,30,31);8-9,12-18,22,32H,5-7,10-11H2,1-4H3,(H2,28,29,30,31). The molecule has 0 spiro atoms. The lowest BCUT2D eigenvalue weighted by atomic mass is 9.98. The van der Waals surface area contributed by atoms with Crippen molar-refractivity contribution in [1.82, 2.24) is 34.3 Å². The molecule has 0 radical (unpaired) electrons. The van der Waals surface area contributed by atoms with Crippen molar-refractivity contribution in [1.29, 1.82) is 0 Å². The van der Waals surface area contributed by atoms with Gasteiger partial charge in [0.05, 0.1) is 15.9 Å². The first-order chi connectivity index (χ1) is 34.6. The van der Waals surface area contributed by atoms with Crippen molar-refractivity contribution in [2.45, 2.75) is 127 Å². The molecular weight excluding hydrogens is 963 g/mol. The Kier molecular flexibility index (Phi) is 18.0. The van der Waals surface area contributed by atoms with Gasteiger partial charge in [-0.3, -0.25) is 4.90 Å². The number of anilines is 8. The summed E-state index contributed by atoms with van der Waals surface area (Å²) in [5.74, 6) is 3.72. The summed E-state index contributed by atoms with van der Waals surface area (Å²) in [5.41, 5.74) is 3.41. The Morgan fingerprint density at radius 2 is 1.01 bits per heavy atom. The number of hydrogen-bond donors (Lipinski definition) is 6. The van der Waals surface area contributed by atoms with Crippen LogP contribution in [0.5, 0.6) is 11.5 Å². The van der Waals surface area contributed by atoms with Crippen LogP contribution in [-0.2, 0) is 20.0 Å². The molecule has 0 atom stereocenters. The Labute approximate surface area is 431 Å². The van der Waals surface area contributed by atoms with Crippen molar-refractivity contribution in [2.24, 2.45) is 0 Å². The van der Waals surface area contributed by atoms with Crippen molar-refractivity contribution in [3.8, 4) is 11.5 Å². The van der Waals surface area contributed by atoms with Gasteiger partial charge in [0.25, 0.3) is 0 Å². The average molecular weight is 1030 g/mol. The van der Waals surface area contributed by atoms with E-state index in [0.29, 0.717) is 47.6 Å². The molecular formula is C54H71N11O6S2. The number of sulfonamides is 2. The molecule has 0 amide bonds. The van der Waals surface area contributed by atoms with E-state index in [9.17, 15) is 16.8 Å². The van der Waals surface area contributed by atoms with Gasteiger partial charge in [-0.25, -0.2) is 36.2 Å². The zero-order valence-corrected chi connectivity index (χ0v) is 44.9. The Morgan fingerprint density at radius 3 is 1.47 bits per heavy atom. The molecule has 3 heterocycles. The van der Waals surface area contributed by atoms with E-state index in [1.165, 1.54) is 45.2 Å². The normalized spacial score (nSPS) is 14.7. The molecule has 1 saturated heterocycles. The van der Waals surface area contributed by atoms with Crippen LogP contribution in [0.2, 0.25) is 0 Å². The molecule has 1 saturated carbocycles. The first-order valence-electron chi connectivity index (χ1n) is 24.9. The third-order valence-corrected chi connectivity index (χ3v) is 15.1. The van der Waals surface area contributed by atoms with Crippen molar-refractivity contribution >= 4 is 66.3 Å². The summed E-state index contributed by atoms with van der Waals surface area (Å²) < 4.78 is 68.3. The minimum absolute atomic E-state index is 0.181. The SMILES string of the molecule is Cc1cnc(Nc2ccc(OC3CCCCC3)cc2)nc1Nc1cccc(S(=O)(=O)NC(C)(C)C)c1.Cc1cnc(Nc2ccc(OCCN3CCCC3)cc2)nc1Nc1cccc(S(=O)(=O)NC(C)(C)C)c1. The number of aryl methyl sites for hydroxylation is 2. The van der Waals surface area contributed by atoms with Crippen LogP contribution in [0.4, 0.5) is 46.3 Å². The van der Waals surface area contributed by atoms with E-state index in [1.807, 2.05) is 104 Å². The highest BCUT2D eigenvalue weighted by molar-refractivity contribution is 7.89. The number of aromatic nitrogens is 4. The van der Waals surface area contributed by atoms with E-state index < -0.39 is 31.1 Å². The molecule has 0 bridgehead atoms. The van der Waals surface area contributed by atoms with Crippen LogP contribution in [0.1, 0.15) is 97.6 Å². The summed E-state index contributed by atoms with van der Waals surface area (Å²) in [5, 5.41) is 12.9. The predicted molar refractivity (Wildman–Crippen MR) is 291 cm³/mol. The summed E-state index contributed by atoms with van der Waals surface area (Å²) >= 11 is 0. The van der Waals surface area contributed by atoms with Crippen molar-refractivity contribution in [3.63, 3.8) is 0 Å². The maximum Gasteiger partial charge on any atom is 0.241 e. The van der Waals surface area contributed by atoms with Crippen LogP contribution in [0.25, 0.3) is 0 Å². The number of nitrogens with zero attached hydrogens (tertiary/aromatic N) is 5. The van der Waals surface area contributed by atoms with Crippen LogP contribution in [0.3, 0.4) is 0 Å². The first kappa shape index (κ1) is 54.4. The summed E-state index contributed by atoms with van der Waals surface area (Å²) in [7, 11) is -7.30. The molecule has 390 valence electrons. The third-order valence-electron chi connectivity index (χ3n) is 11.6. The lowest BCUT2D eigenvalue weighted by Crippen LogP contribution is -2.40. The van der Waals surface area contributed by atoms with E-state index >= 15 is 0 Å². The van der Waals surface area contributed by atoms with Gasteiger partial charge >= 0.3 is 0 Å². The van der Waals surface area contributed by atoms with Gasteiger partial charge in [-0.2, -0.15) is 9.97 Å². The Bertz CT molecular complexity index is 2990. The number of likely N-dealkylation sites (tertiary alicyclic amines) is 1. The van der Waals surface area contributed by atoms with E-state index in [4.69, 9.17) is 9.47 Å². The maximum absolute atomic E-state index is 12.7. The van der Waals surface area contributed by atoms with Crippen LogP contribution in [-0.4, -0.2) is 85.1 Å². The van der Waals surface area contributed by atoms with E-state index in [2.05, 4.69) is 55.5 Å². The molecule has 6 N–H and O–H groups in total. The fourth-order valence-corrected chi connectivity index (χ4v) is 11.0. The number of ether oxygens (including phenoxy) is 2. The molecule has 2 aromatic heterocycles. The number of hydrogen-bond acceptors (Lipinski definition) is 15. The largest absolute Gasteiger partial charge is 0.492 e. The van der Waals surface area contributed by atoms with Crippen LogP contribution >= 0.6 is 0 Å². The van der Waals surface area contributed by atoms with Crippen LogP contribution in [0, 0.1) is 13.8 Å². The number of nitrogens with one attached hydrogen (secondary N) is 6. The average Bonchev–Trinajstić information content (AvgIpc) is 3.85. The summed E-state index contributed by atoms with van der Waals surface area (Å²) in [4.78, 5) is 20.8. The lowest BCUT2D eigenvalue weighted by molar-refractivity contribution is 0.155. The minimum atomic E-state index is -3.65. The van der Waals surface area contributed by atoms with Gasteiger partial charge in [0.2, 0.25) is 31.9 Å². The van der Waals surface area contributed by atoms with Gasteiger partial charge < -0.3 is 30.7 Å². The summed E-state index contributed by atoms with van der Waals surface area (Å²) in [6.45, 7) is 18.6. The molecule has 0 unspecified atom stereocenters. The zero-order chi connectivity index (χ0) is 52.2. The Hall–Kier alpha value is -6.38. The Morgan fingerprint density at radius 1 is 0.562 bits per heavy atom. The van der Waals surface area contributed by atoms with Gasteiger partial charge in [0, 0.05) is 63.9 Å². The quantitative estimate of drug-likeness (QED) is 0.0472. The molecule has 6 aromatic rings. The molecule has 17 nitrogen and oxygen atoms in total. The Balaban J connectivity index is 0.000000214. The van der Waals surface area contributed by atoms with Crippen molar-refractivity contribution in [2.75, 3.05) is 47.5 Å². The number of benzene rings is 4. The van der Waals surface area contributed by atoms with Crippen molar-refractivity contribution in [3.05, 3.63) is 121 Å². The smallest absolute Gasteiger partial charge is 0.241 e. The molecule has 1 aliphatic heterocycles. The zero-order valence-electron chi connectivity index (χ0n) is 43.2. The van der Waals surface area contributed by atoms with E-state index in [0.717, 1.165) is 53.4 Å². The molecule has 4 aromatic carbocycles. The van der Waals surface area contributed by atoms with Crippen molar-refractivity contribution < 1.29 is 26.3 Å². The van der Waals surface area contributed by atoms with E-state index in [-0.39, 0.29) is 9.79 Å². The highest BCUT2D eigenvalue weighted by Crippen LogP contribution is 2.28. The van der Waals surface area contributed by atoms with Gasteiger partial charge in [0.1, 0.15) is 29.7 Å². The summed E-state index contributed by atoms with van der Waals surface area (Å²) in [6, 6.07) is 28.8. The molecule has 1 aliphatic carbocycles. The highest BCUT2D eigenvalue weighted by atomic mass is 32.2. The van der Waals surface area contributed by atoms with Gasteiger partial charge in [-0.1, -0.05) is 18.6 Å². The lowest BCUT2D eigenvalue weighted by Gasteiger charge is -2.23. The molecule has 2 fully saturated rings. The molecule has 19 heteroatoms. The van der Waals surface area contributed by atoms with E-state index in [1.54, 1.807) is 60.9 Å².